The van der Waals surface area contributed by atoms with Gasteiger partial charge < -0.3 is 9.64 Å². The summed E-state index contributed by atoms with van der Waals surface area (Å²) in [6.07, 6.45) is 0.672. The number of rotatable bonds is 2. The summed E-state index contributed by atoms with van der Waals surface area (Å²) < 4.78 is 5.13. The van der Waals surface area contributed by atoms with Crippen LogP contribution in [-0.2, 0) is 9.53 Å². The van der Waals surface area contributed by atoms with E-state index < -0.39 is 5.54 Å². The topological polar surface area (TPSA) is 46.6 Å². The molecule has 3 rings (SSSR count). The summed E-state index contributed by atoms with van der Waals surface area (Å²) in [7, 11) is 1.69. The lowest BCUT2D eigenvalue weighted by atomic mass is 9.94. The number of amides is 1. The van der Waals surface area contributed by atoms with E-state index in [4.69, 9.17) is 4.74 Å². The second kappa shape index (κ2) is 3.57. The van der Waals surface area contributed by atoms with Crippen LogP contribution in [0.15, 0.2) is 24.3 Å². The molecule has 1 aliphatic carbocycles. The second-order valence-electron chi connectivity index (χ2n) is 4.85. The molecule has 18 heavy (non-hydrogen) atoms. The zero-order valence-electron chi connectivity index (χ0n) is 10.5. The Balaban J connectivity index is 2.05. The molecular formula is C14H15NO3. The number of nitrogens with zero attached hydrogens (tertiary/aromatic N) is 1. The van der Waals surface area contributed by atoms with E-state index in [2.05, 4.69) is 0 Å². The van der Waals surface area contributed by atoms with Gasteiger partial charge >= 0.3 is 5.97 Å². The maximum absolute atomic E-state index is 12.3. The normalized spacial score (nSPS) is 28.4. The molecule has 0 bridgehead atoms. The lowest BCUT2D eigenvalue weighted by Gasteiger charge is -2.32. The van der Waals surface area contributed by atoms with Gasteiger partial charge in [0.15, 0.2) is 0 Å². The third-order valence-electron chi connectivity index (χ3n) is 4.03. The molecule has 1 saturated carbocycles. The van der Waals surface area contributed by atoms with Crippen molar-refractivity contribution >= 4 is 11.9 Å². The minimum absolute atomic E-state index is 0.0904. The van der Waals surface area contributed by atoms with Gasteiger partial charge in [-0.15, -0.1) is 0 Å². The average Bonchev–Trinajstić information content (AvgIpc) is 3.13. The Morgan fingerprint density at radius 3 is 2.94 bits per heavy atom. The van der Waals surface area contributed by atoms with Crippen LogP contribution in [0.2, 0.25) is 0 Å². The number of fused-ring (bicyclic) bond motifs is 3. The van der Waals surface area contributed by atoms with Gasteiger partial charge in [0.25, 0.3) is 5.91 Å². The molecule has 0 spiro atoms. The first-order valence-corrected chi connectivity index (χ1v) is 6.17. The van der Waals surface area contributed by atoms with Gasteiger partial charge in [0.2, 0.25) is 0 Å². The molecule has 1 aromatic carbocycles. The SMILES string of the molecule is CCOC(=O)[C@@]12C[C@@H]1c1ccccc1C(=O)N2C. The van der Waals surface area contributed by atoms with E-state index in [1.54, 1.807) is 18.9 Å². The van der Waals surface area contributed by atoms with Crippen LogP contribution in [-0.4, -0.2) is 36.0 Å². The molecule has 0 aromatic heterocycles. The molecular weight excluding hydrogens is 230 g/mol. The minimum atomic E-state index is -0.749. The molecule has 1 amide bonds. The van der Waals surface area contributed by atoms with Crippen molar-refractivity contribution in [1.82, 2.24) is 4.90 Å². The first kappa shape index (κ1) is 11.3. The second-order valence-corrected chi connectivity index (χ2v) is 4.85. The Labute approximate surface area is 106 Å². The third kappa shape index (κ3) is 1.20. The van der Waals surface area contributed by atoms with Gasteiger partial charge in [-0.3, -0.25) is 4.79 Å². The van der Waals surface area contributed by atoms with Gasteiger partial charge in [-0.2, -0.15) is 0 Å². The molecule has 94 valence electrons. The van der Waals surface area contributed by atoms with Crippen LogP contribution < -0.4 is 0 Å². The number of carbonyl (C=O) groups is 2. The van der Waals surface area contributed by atoms with Gasteiger partial charge in [0.05, 0.1) is 6.61 Å². The van der Waals surface area contributed by atoms with Gasteiger partial charge in [0, 0.05) is 18.5 Å². The highest BCUT2D eigenvalue weighted by atomic mass is 16.5. The molecule has 1 heterocycles. The molecule has 2 aliphatic rings. The van der Waals surface area contributed by atoms with Gasteiger partial charge in [-0.1, -0.05) is 18.2 Å². The minimum Gasteiger partial charge on any atom is -0.464 e. The van der Waals surface area contributed by atoms with Crippen molar-refractivity contribution in [3.8, 4) is 0 Å². The van der Waals surface area contributed by atoms with E-state index in [0.717, 1.165) is 5.56 Å². The molecule has 1 aromatic rings. The first-order valence-electron chi connectivity index (χ1n) is 6.17. The monoisotopic (exact) mass is 245 g/mol. The molecule has 1 fully saturated rings. The molecule has 2 atom stereocenters. The Morgan fingerprint density at radius 2 is 2.22 bits per heavy atom. The van der Waals surface area contributed by atoms with Gasteiger partial charge in [0.1, 0.15) is 5.54 Å². The number of carbonyl (C=O) groups excluding carboxylic acids is 2. The number of esters is 1. The zero-order chi connectivity index (χ0) is 12.9. The number of benzene rings is 1. The van der Waals surface area contributed by atoms with E-state index in [9.17, 15) is 9.59 Å². The highest BCUT2D eigenvalue weighted by molar-refractivity contribution is 6.04. The van der Waals surface area contributed by atoms with Crippen LogP contribution in [0.3, 0.4) is 0 Å². The molecule has 4 nitrogen and oxygen atoms in total. The number of hydrogen-bond donors (Lipinski definition) is 0. The van der Waals surface area contributed by atoms with Crippen molar-refractivity contribution in [1.29, 1.82) is 0 Å². The standard InChI is InChI=1S/C14H15NO3/c1-3-18-13(17)14-8-11(14)9-6-4-5-7-10(9)12(16)15(14)2/h4-7,11H,3,8H2,1-2H3/t11-,14-/m1/s1. The van der Waals surface area contributed by atoms with Crippen LogP contribution in [0.25, 0.3) is 0 Å². The molecule has 4 heteroatoms. The van der Waals surface area contributed by atoms with Crippen molar-refractivity contribution in [2.24, 2.45) is 0 Å². The Bertz CT molecular complexity index is 540. The molecule has 0 unspecified atom stereocenters. The van der Waals surface area contributed by atoms with Crippen molar-refractivity contribution < 1.29 is 14.3 Å². The summed E-state index contributed by atoms with van der Waals surface area (Å²) in [4.78, 5) is 26.0. The summed E-state index contributed by atoms with van der Waals surface area (Å²) >= 11 is 0. The molecule has 1 aliphatic heterocycles. The van der Waals surface area contributed by atoms with E-state index >= 15 is 0 Å². The van der Waals surface area contributed by atoms with E-state index in [1.165, 1.54) is 0 Å². The number of hydrogen-bond acceptors (Lipinski definition) is 3. The summed E-state index contributed by atoms with van der Waals surface area (Å²) in [6, 6.07) is 7.52. The van der Waals surface area contributed by atoms with E-state index in [0.29, 0.717) is 18.6 Å². The van der Waals surface area contributed by atoms with Crippen molar-refractivity contribution in [2.45, 2.75) is 24.8 Å². The van der Waals surface area contributed by atoms with Gasteiger partial charge in [-0.05, 0) is 25.0 Å². The van der Waals surface area contributed by atoms with Crippen LogP contribution in [0, 0.1) is 0 Å². The summed E-state index contributed by atoms with van der Waals surface area (Å²) in [6.45, 7) is 2.13. The largest absolute Gasteiger partial charge is 0.464 e. The number of likely N-dealkylation sites (N-methyl/N-ethyl adjacent to an activating group) is 1. The number of ether oxygens (including phenoxy) is 1. The summed E-state index contributed by atoms with van der Waals surface area (Å²) in [5.41, 5.74) is 0.942. The maximum atomic E-state index is 12.3. The van der Waals surface area contributed by atoms with Crippen LogP contribution in [0.4, 0.5) is 0 Å². The third-order valence-corrected chi connectivity index (χ3v) is 4.03. The van der Waals surface area contributed by atoms with Crippen LogP contribution >= 0.6 is 0 Å². The summed E-state index contributed by atoms with van der Waals surface area (Å²) in [5.74, 6) is -0.275. The van der Waals surface area contributed by atoms with Gasteiger partial charge in [-0.25, -0.2) is 4.79 Å². The lowest BCUT2D eigenvalue weighted by Crippen LogP contribution is -2.49. The van der Waals surface area contributed by atoms with Crippen LogP contribution in [0.5, 0.6) is 0 Å². The predicted octanol–water partition coefficient (Wildman–Crippen LogP) is 1.56. The maximum Gasteiger partial charge on any atom is 0.332 e. The fourth-order valence-electron chi connectivity index (χ4n) is 2.97. The molecule has 0 saturated heterocycles. The smallest absolute Gasteiger partial charge is 0.332 e. The van der Waals surface area contributed by atoms with Crippen molar-refractivity contribution in [3.63, 3.8) is 0 Å². The average molecular weight is 245 g/mol. The Morgan fingerprint density at radius 1 is 1.50 bits per heavy atom. The fourth-order valence-corrected chi connectivity index (χ4v) is 2.97. The molecule has 0 radical (unpaired) electrons. The van der Waals surface area contributed by atoms with E-state index in [1.807, 2.05) is 24.3 Å². The van der Waals surface area contributed by atoms with Crippen molar-refractivity contribution in [3.05, 3.63) is 35.4 Å². The predicted molar refractivity (Wildman–Crippen MR) is 65.3 cm³/mol. The lowest BCUT2D eigenvalue weighted by molar-refractivity contribution is -0.150. The summed E-state index contributed by atoms with van der Waals surface area (Å²) in [5, 5.41) is 0. The molecule has 0 N–H and O–H groups in total. The van der Waals surface area contributed by atoms with E-state index in [-0.39, 0.29) is 17.8 Å². The zero-order valence-corrected chi connectivity index (χ0v) is 10.5. The quantitative estimate of drug-likeness (QED) is 0.743. The Kier molecular flexibility index (Phi) is 2.24. The fraction of sp³-hybridized carbons (Fsp3) is 0.429. The van der Waals surface area contributed by atoms with Crippen molar-refractivity contribution in [2.75, 3.05) is 13.7 Å². The highest BCUT2D eigenvalue weighted by Crippen LogP contribution is 2.59. The first-order chi connectivity index (χ1) is 8.63. The van der Waals surface area contributed by atoms with Crippen LogP contribution in [0.1, 0.15) is 35.2 Å². The highest BCUT2D eigenvalue weighted by Gasteiger charge is 2.68. The Hall–Kier alpha value is -1.84.